The Morgan fingerprint density at radius 2 is 1.43 bits per heavy atom. The van der Waals surface area contributed by atoms with Gasteiger partial charge in [-0.3, -0.25) is 0 Å². The molecule has 0 aliphatic heterocycles. The van der Waals surface area contributed by atoms with E-state index in [2.05, 4.69) is 15.5 Å². The normalized spacial score (nSPS) is 12.2. The predicted octanol–water partition coefficient (Wildman–Crippen LogP) is 6.65. The number of para-hydroxylation sites is 2. The third kappa shape index (κ3) is 5.00. The highest BCUT2D eigenvalue weighted by atomic mass is 35.5. The van der Waals surface area contributed by atoms with Crippen LogP contribution in [0.2, 0.25) is 5.02 Å². The summed E-state index contributed by atoms with van der Waals surface area (Å²) >= 11 is 7.35. The molecule has 1 atom stereocenters. The zero-order valence-corrected chi connectivity index (χ0v) is 18.1. The summed E-state index contributed by atoms with van der Waals surface area (Å²) in [5.41, 5.74) is 2.26. The van der Waals surface area contributed by atoms with Crippen molar-refractivity contribution in [2.45, 2.75) is 5.78 Å². The molecule has 0 amide bonds. The third-order valence-electron chi connectivity index (χ3n) is 4.07. The van der Waals surface area contributed by atoms with Crippen molar-refractivity contribution in [3.8, 4) is 11.5 Å². The number of hydrogen-bond acceptors (Lipinski definition) is 7. The van der Waals surface area contributed by atoms with Crippen LogP contribution in [0.1, 0.15) is 11.3 Å². The first-order chi connectivity index (χ1) is 14.6. The van der Waals surface area contributed by atoms with Crippen molar-refractivity contribution < 1.29 is 13.6 Å². The maximum Gasteiger partial charge on any atom is 0.457 e. The van der Waals surface area contributed by atoms with E-state index in [9.17, 15) is 4.57 Å². The lowest BCUT2D eigenvalue weighted by Gasteiger charge is -2.28. The number of nitrogens with zero attached hydrogens (tertiary/aromatic N) is 2. The molecule has 152 valence electrons. The molecule has 4 aromatic rings. The van der Waals surface area contributed by atoms with Crippen LogP contribution in [0, 0.1) is 0 Å². The lowest BCUT2D eigenvalue weighted by molar-refractivity contribution is 0.376. The van der Waals surface area contributed by atoms with Crippen LogP contribution in [0.5, 0.6) is 11.5 Å². The average Bonchev–Trinajstić information content (AvgIpc) is 3.27. The van der Waals surface area contributed by atoms with E-state index in [0.717, 1.165) is 0 Å². The van der Waals surface area contributed by atoms with E-state index in [1.807, 2.05) is 12.1 Å². The molecule has 0 saturated carbocycles. The highest BCUT2D eigenvalue weighted by Crippen LogP contribution is 2.60. The van der Waals surface area contributed by atoms with E-state index < -0.39 is 13.4 Å². The summed E-state index contributed by atoms with van der Waals surface area (Å²) in [6.45, 7) is 0. The van der Waals surface area contributed by atoms with Gasteiger partial charge in [0.15, 0.2) is 5.78 Å². The monoisotopic (exact) mass is 457 g/mol. The van der Waals surface area contributed by atoms with E-state index in [0.29, 0.717) is 27.2 Å². The van der Waals surface area contributed by atoms with Crippen LogP contribution in [0.25, 0.3) is 0 Å². The summed E-state index contributed by atoms with van der Waals surface area (Å²) in [5.74, 6) is -0.00675. The van der Waals surface area contributed by atoms with E-state index >= 15 is 0 Å². The van der Waals surface area contributed by atoms with E-state index in [1.165, 1.54) is 11.3 Å². The Kier molecular flexibility index (Phi) is 6.33. The molecule has 0 aliphatic rings. The summed E-state index contributed by atoms with van der Waals surface area (Å²) in [6.07, 6.45) is 0. The van der Waals surface area contributed by atoms with Crippen molar-refractivity contribution in [1.82, 2.24) is 10.2 Å². The van der Waals surface area contributed by atoms with Gasteiger partial charge in [-0.25, -0.2) is 4.57 Å². The summed E-state index contributed by atoms with van der Waals surface area (Å²) in [5, 5.41) is 12.1. The SMILES string of the molecule is O=P(Oc1ccccc1)(Oc1ccccc1)C(Nc1nncs1)c1ccc(Cl)cc1. The smallest absolute Gasteiger partial charge is 0.414 e. The predicted molar refractivity (Wildman–Crippen MR) is 119 cm³/mol. The van der Waals surface area contributed by atoms with E-state index in [1.54, 1.807) is 78.3 Å². The van der Waals surface area contributed by atoms with Crippen molar-refractivity contribution in [3.05, 3.63) is 101 Å². The van der Waals surface area contributed by atoms with Crippen LogP contribution in [0.15, 0.2) is 90.4 Å². The highest BCUT2D eigenvalue weighted by molar-refractivity contribution is 7.55. The van der Waals surface area contributed by atoms with Gasteiger partial charge >= 0.3 is 7.60 Å². The highest BCUT2D eigenvalue weighted by Gasteiger charge is 2.41. The van der Waals surface area contributed by atoms with Gasteiger partial charge in [-0.05, 0) is 42.0 Å². The minimum atomic E-state index is -3.87. The van der Waals surface area contributed by atoms with Crippen LogP contribution in [-0.2, 0) is 4.57 Å². The van der Waals surface area contributed by atoms with Gasteiger partial charge < -0.3 is 14.4 Å². The van der Waals surface area contributed by atoms with E-state index in [4.69, 9.17) is 20.6 Å². The molecular weight excluding hydrogens is 441 g/mol. The summed E-state index contributed by atoms with van der Waals surface area (Å²) < 4.78 is 26.3. The fourth-order valence-electron chi connectivity index (χ4n) is 2.72. The number of rotatable bonds is 8. The van der Waals surface area contributed by atoms with Gasteiger partial charge in [-0.2, -0.15) is 0 Å². The maximum absolute atomic E-state index is 14.3. The minimum Gasteiger partial charge on any atom is -0.414 e. The topological polar surface area (TPSA) is 73.3 Å². The Morgan fingerprint density at radius 1 is 0.867 bits per heavy atom. The average molecular weight is 458 g/mol. The number of aromatic nitrogens is 2. The molecule has 0 spiro atoms. The lowest BCUT2D eigenvalue weighted by Crippen LogP contribution is -2.18. The first kappa shape index (κ1) is 20.4. The minimum absolute atomic E-state index is 0.426. The van der Waals surface area contributed by atoms with Gasteiger partial charge in [-0.15, -0.1) is 10.2 Å². The largest absolute Gasteiger partial charge is 0.457 e. The van der Waals surface area contributed by atoms with Crippen molar-refractivity contribution in [2.24, 2.45) is 0 Å². The third-order valence-corrected chi connectivity index (χ3v) is 6.94. The Labute approximate surface area is 183 Å². The van der Waals surface area contributed by atoms with Crippen LogP contribution in [0.3, 0.4) is 0 Å². The number of benzene rings is 3. The first-order valence-corrected chi connectivity index (χ1v) is 11.9. The van der Waals surface area contributed by atoms with E-state index in [-0.39, 0.29) is 0 Å². The number of anilines is 1. The summed E-state index contributed by atoms with van der Waals surface area (Å²) in [6, 6.07) is 24.8. The Balaban J connectivity index is 1.78. The molecule has 9 heteroatoms. The van der Waals surface area contributed by atoms with Crippen molar-refractivity contribution in [3.63, 3.8) is 0 Å². The molecule has 6 nitrogen and oxygen atoms in total. The van der Waals surface area contributed by atoms with Crippen LogP contribution >= 0.6 is 30.5 Å². The zero-order chi connectivity index (χ0) is 20.8. The molecule has 0 saturated heterocycles. The number of nitrogens with one attached hydrogen (secondary N) is 1. The first-order valence-electron chi connectivity index (χ1n) is 8.99. The molecule has 4 rings (SSSR count). The van der Waals surface area contributed by atoms with Crippen molar-refractivity contribution >= 4 is 35.7 Å². The van der Waals surface area contributed by atoms with Gasteiger partial charge in [0.2, 0.25) is 5.13 Å². The number of hydrogen-bond donors (Lipinski definition) is 1. The molecule has 0 bridgehead atoms. The van der Waals surface area contributed by atoms with Crippen molar-refractivity contribution in [1.29, 1.82) is 0 Å². The molecule has 30 heavy (non-hydrogen) atoms. The molecule has 1 aromatic heterocycles. The zero-order valence-electron chi connectivity index (χ0n) is 15.6. The lowest BCUT2D eigenvalue weighted by atomic mass is 10.2. The van der Waals surface area contributed by atoms with Crippen LogP contribution < -0.4 is 14.4 Å². The Morgan fingerprint density at radius 3 is 1.93 bits per heavy atom. The second kappa shape index (κ2) is 9.30. The molecule has 1 heterocycles. The molecule has 0 fully saturated rings. The second-order valence-corrected chi connectivity index (χ2v) is 9.42. The molecule has 0 aliphatic carbocycles. The Bertz CT molecular complexity index is 1070. The van der Waals surface area contributed by atoms with Gasteiger partial charge in [0.1, 0.15) is 17.0 Å². The van der Waals surface area contributed by atoms with Crippen molar-refractivity contribution in [2.75, 3.05) is 5.32 Å². The second-order valence-electron chi connectivity index (χ2n) is 6.19. The molecule has 3 aromatic carbocycles. The fraction of sp³-hybridized carbons (Fsp3) is 0.0476. The molecule has 1 N–H and O–H groups in total. The maximum atomic E-state index is 14.3. The molecule has 0 radical (unpaired) electrons. The van der Waals surface area contributed by atoms with Crippen LogP contribution in [0.4, 0.5) is 5.13 Å². The van der Waals surface area contributed by atoms with Gasteiger partial charge in [0, 0.05) is 5.02 Å². The fourth-order valence-corrected chi connectivity index (χ4v) is 5.31. The quantitative estimate of drug-likeness (QED) is 0.298. The molecular formula is C21H17ClN3O3PS. The van der Waals surface area contributed by atoms with Gasteiger partial charge in [0.25, 0.3) is 0 Å². The van der Waals surface area contributed by atoms with Gasteiger partial charge in [-0.1, -0.05) is 71.5 Å². The Hall–Kier alpha value is -2.86. The standard InChI is InChI=1S/C21H17ClN3O3PS/c22-17-13-11-16(12-14-17)20(24-21-25-23-15-30-21)29(26,27-18-7-3-1-4-8-18)28-19-9-5-2-6-10-19/h1-15,20H,(H,24,25). The van der Waals surface area contributed by atoms with Crippen LogP contribution in [-0.4, -0.2) is 10.2 Å². The number of halogens is 1. The summed E-state index contributed by atoms with van der Waals surface area (Å²) in [4.78, 5) is 0. The molecule has 1 unspecified atom stereocenters. The summed E-state index contributed by atoms with van der Waals surface area (Å²) in [7, 11) is -3.87. The van der Waals surface area contributed by atoms with Gasteiger partial charge in [0.05, 0.1) is 0 Å².